The molecule has 7 heteroatoms. The molecule has 1 saturated heterocycles. The summed E-state index contributed by atoms with van der Waals surface area (Å²) in [7, 11) is 0. The maximum atomic E-state index is 13.4. The first-order valence-corrected chi connectivity index (χ1v) is 15.9. The van der Waals surface area contributed by atoms with Gasteiger partial charge in [-0.1, -0.05) is 49.6 Å². The Morgan fingerprint density at radius 2 is 1.85 bits per heavy atom. The number of hydrogen-bond donors (Lipinski definition) is 2. The molecule has 0 aromatic heterocycles. The van der Waals surface area contributed by atoms with Crippen molar-refractivity contribution in [2.24, 2.45) is 5.92 Å². The van der Waals surface area contributed by atoms with Crippen LogP contribution in [0.1, 0.15) is 72.9 Å². The molecule has 1 aliphatic heterocycles. The molecule has 1 saturated carbocycles. The van der Waals surface area contributed by atoms with Crippen LogP contribution in [0.3, 0.4) is 0 Å². The SMILES string of the molecule is CSCC[C@H](NC(=O)c1ccc(CN2CCCC2COCC2CCCCC2)cc1-c1ccccc1C)C(=O)O. The number of carboxylic acids is 1. The zero-order chi connectivity index (χ0) is 27.6. The summed E-state index contributed by atoms with van der Waals surface area (Å²) in [6.45, 7) is 5.58. The van der Waals surface area contributed by atoms with Gasteiger partial charge in [-0.25, -0.2) is 4.79 Å². The molecule has 4 rings (SSSR count). The first-order chi connectivity index (χ1) is 19.0. The van der Waals surface area contributed by atoms with E-state index in [2.05, 4.69) is 16.3 Å². The Balaban J connectivity index is 1.49. The maximum Gasteiger partial charge on any atom is 0.326 e. The molecule has 0 radical (unpaired) electrons. The van der Waals surface area contributed by atoms with E-state index >= 15 is 0 Å². The summed E-state index contributed by atoms with van der Waals surface area (Å²) >= 11 is 1.57. The van der Waals surface area contributed by atoms with E-state index in [1.54, 1.807) is 11.8 Å². The lowest BCUT2D eigenvalue weighted by molar-refractivity contribution is -0.139. The van der Waals surface area contributed by atoms with Gasteiger partial charge in [-0.3, -0.25) is 9.69 Å². The van der Waals surface area contributed by atoms with Crippen LogP contribution in [-0.2, 0) is 16.1 Å². The number of carbonyl (C=O) groups is 2. The Labute approximate surface area is 237 Å². The average molecular weight is 553 g/mol. The minimum atomic E-state index is -1.00. The normalized spacial score (nSPS) is 19.2. The van der Waals surface area contributed by atoms with Crippen molar-refractivity contribution in [2.45, 2.75) is 76.9 Å². The summed E-state index contributed by atoms with van der Waals surface area (Å²) in [6.07, 6.45) is 11.3. The van der Waals surface area contributed by atoms with Crippen molar-refractivity contribution in [3.8, 4) is 11.1 Å². The lowest BCUT2D eigenvalue weighted by Crippen LogP contribution is -2.41. The first kappa shape index (κ1) is 29.6. The molecule has 2 aromatic carbocycles. The third-order valence-corrected chi connectivity index (χ3v) is 8.90. The minimum Gasteiger partial charge on any atom is -0.480 e. The highest BCUT2D eigenvalue weighted by Crippen LogP contribution is 2.30. The van der Waals surface area contributed by atoms with Gasteiger partial charge in [0, 0.05) is 24.8 Å². The predicted octanol–water partition coefficient (Wildman–Crippen LogP) is 6.16. The van der Waals surface area contributed by atoms with Gasteiger partial charge in [0.1, 0.15) is 6.04 Å². The third kappa shape index (κ3) is 8.32. The van der Waals surface area contributed by atoms with E-state index in [1.807, 2.05) is 49.6 Å². The summed E-state index contributed by atoms with van der Waals surface area (Å²) in [5.74, 6) is 0.0495. The fraction of sp³-hybridized carbons (Fsp3) is 0.562. The molecule has 1 unspecified atom stereocenters. The molecular weight excluding hydrogens is 508 g/mol. The zero-order valence-corrected chi connectivity index (χ0v) is 24.3. The second-order valence-electron chi connectivity index (χ2n) is 11.1. The Morgan fingerprint density at radius 1 is 1.05 bits per heavy atom. The zero-order valence-electron chi connectivity index (χ0n) is 23.5. The molecule has 2 N–H and O–H groups in total. The number of hydrogen-bond acceptors (Lipinski definition) is 5. The van der Waals surface area contributed by atoms with Crippen LogP contribution in [0.2, 0.25) is 0 Å². The summed E-state index contributed by atoms with van der Waals surface area (Å²) in [5, 5.41) is 12.4. The van der Waals surface area contributed by atoms with Crippen molar-refractivity contribution in [1.29, 1.82) is 0 Å². The first-order valence-electron chi connectivity index (χ1n) is 14.5. The summed E-state index contributed by atoms with van der Waals surface area (Å²) in [6, 6.07) is 13.6. The van der Waals surface area contributed by atoms with Crippen LogP contribution < -0.4 is 5.32 Å². The van der Waals surface area contributed by atoms with E-state index in [-0.39, 0.29) is 5.91 Å². The fourth-order valence-corrected chi connectivity index (χ4v) is 6.44. The molecule has 1 aliphatic carbocycles. The molecule has 39 heavy (non-hydrogen) atoms. The quantitative estimate of drug-likeness (QED) is 0.310. The molecule has 1 amide bonds. The number of rotatable bonds is 13. The van der Waals surface area contributed by atoms with E-state index in [0.29, 0.717) is 23.8 Å². The predicted molar refractivity (Wildman–Crippen MR) is 159 cm³/mol. The number of aliphatic carboxylic acids is 1. The molecule has 212 valence electrons. The second-order valence-corrected chi connectivity index (χ2v) is 12.1. The molecule has 1 heterocycles. The Hall–Kier alpha value is -2.35. The lowest BCUT2D eigenvalue weighted by atomic mass is 9.90. The van der Waals surface area contributed by atoms with Crippen molar-refractivity contribution in [3.63, 3.8) is 0 Å². The number of likely N-dealkylation sites (tertiary alicyclic amines) is 1. The van der Waals surface area contributed by atoms with Crippen LogP contribution in [0.15, 0.2) is 42.5 Å². The third-order valence-electron chi connectivity index (χ3n) is 8.25. The smallest absolute Gasteiger partial charge is 0.326 e. The van der Waals surface area contributed by atoms with Crippen molar-refractivity contribution >= 4 is 23.6 Å². The number of nitrogens with one attached hydrogen (secondary N) is 1. The molecule has 2 aromatic rings. The fourth-order valence-electron chi connectivity index (χ4n) is 5.97. The number of benzene rings is 2. The van der Waals surface area contributed by atoms with Crippen molar-refractivity contribution < 1.29 is 19.4 Å². The maximum absolute atomic E-state index is 13.4. The van der Waals surface area contributed by atoms with E-state index in [9.17, 15) is 14.7 Å². The summed E-state index contributed by atoms with van der Waals surface area (Å²) < 4.78 is 6.22. The molecule has 2 fully saturated rings. The molecule has 2 atom stereocenters. The van der Waals surface area contributed by atoms with Crippen LogP contribution in [0.5, 0.6) is 0 Å². The number of thioether (sulfide) groups is 1. The van der Waals surface area contributed by atoms with Crippen molar-refractivity contribution in [2.75, 3.05) is 31.8 Å². The highest BCUT2D eigenvalue weighted by Gasteiger charge is 2.27. The average Bonchev–Trinajstić information content (AvgIpc) is 3.38. The summed E-state index contributed by atoms with van der Waals surface area (Å²) in [4.78, 5) is 27.7. The second kappa shape index (κ2) is 14.9. The van der Waals surface area contributed by atoms with Crippen LogP contribution in [0.4, 0.5) is 0 Å². The standard InChI is InChI=1S/C32H44N2O4S/c1-23-9-6-7-13-27(23)29-19-25(14-15-28(29)31(35)33-30(32(36)37)16-18-39-2)20-34-17-8-12-26(34)22-38-21-24-10-4-3-5-11-24/h6-7,9,13-15,19,24,26,30H,3-5,8,10-12,16-18,20-22H2,1-2H3,(H,33,35)(H,36,37)/t26?,30-/m0/s1. The molecule has 6 nitrogen and oxygen atoms in total. The van der Waals surface area contributed by atoms with E-state index in [0.717, 1.165) is 60.9 Å². The van der Waals surface area contributed by atoms with Gasteiger partial charge < -0.3 is 15.2 Å². The molecular formula is C32H44N2O4S. The van der Waals surface area contributed by atoms with Crippen LogP contribution in [0.25, 0.3) is 11.1 Å². The number of carbonyl (C=O) groups excluding carboxylic acids is 1. The number of nitrogens with zero attached hydrogens (tertiary/aromatic N) is 1. The topological polar surface area (TPSA) is 78.9 Å². The van der Waals surface area contributed by atoms with Gasteiger partial charge in [0.2, 0.25) is 0 Å². The highest BCUT2D eigenvalue weighted by atomic mass is 32.2. The van der Waals surface area contributed by atoms with Crippen LogP contribution in [-0.4, -0.2) is 65.7 Å². The number of carboxylic acid groups (broad SMARTS) is 1. The van der Waals surface area contributed by atoms with Crippen LogP contribution in [0, 0.1) is 12.8 Å². The van der Waals surface area contributed by atoms with Crippen molar-refractivity contribution in [3.05, 3.63) is 59.2 Å². The van der Waals surface area contributed by atoms with Gasteiger partial charge in [0.05, 0.1) is 6.61 Å². The Bertz CT molecular complexity index is 1100. The van der Waals surface area contributed by atoms with Crippen LogP contribution >= 0.6 is 11.8 Å². The van der Waals surface area contributed by atoms with E-state index in [1.165, 1.54) is 38.5 Å². The Kier molecular flexibility index (Phi) is 11.3. The van der Waals surface area contributed by atoms with Gasteiger partial charge in [-0.05, 0) is 97.9 Å². The van der Waals surface area contributed by atoms with Gasteiger partial charge in [0.15, 0.2) is 0 Å². The monoisotopic (exact) mass is 552 g/mol. The lowest BCUT2D eigenvalue weighted by Gasteiger charge is -2.27. The molecule has 0 spiro atoms. The molecule has 0 bridgehead atoms. The van der Waals surface area contributed by atoms with E-state index < -0.39 is 12.0 Å². The minimum absolute atomic E-state index is 0.344. The highest BCUT2D eigenvalue weighted by molar-refractivity contribution is 7.98. The summed E-state index contributed by atoms with van der Waals surface area (Å²) in [5.41, 5.74) is 4.59. The number of aryl methyl sites for hydroxylation is 1. The van der Waals surface area contributed by atoms with Gasteiger partial charge in [0.25, 0.3) is 5.91 Å². The van der Waals surface area contributed by atoms with E-state index in [4.69, 9.17) is 4.74 Å². The van der Waals surface area contributed by atoms with Gasteiger partial charge >= 0.3 is 5.97 Å². The van der Waals surface area contributed by atoms with Gasteiger partial charge in [-0.15, -0.1) is 0 Å². The largest absolute Gasteiger partial charge is 0.480 e. The Morgan fingerprint density at radius 3 is 2.59 bits per heavy atom. The van der Waals surface area contributed by atoms with Crippen molar-refractivity contribution in [1.82, 2.24) is 10.2 Å². The van der Waals surface area contributed by atoms with Gasteiger partial charge in [-0.2, -0.15) is 11.8 Å². The number of ether oxygens (including phenoxy) is 1. The number of amides is 1. The molecule has 2 aliphatic rings.